The first-order valence-corrected chi connectivity index (χ1v) is 6.24. The first-order chi connectivity index (χ1) is 9.22. The van der Waals surface area contributed by atoms with Gasteiger partial charge in [0.2, 0.25) is 0 Å². The van der Waals surface area contributed by atoms with E-state index >= 15 is 0 Å². The molecule has 0 unspecified atom stereocenters. The summed E-state index contributed by atoms with van der Waals surface area (Å²) in [6.07, 6.45) is 8.40. The predicted molar refractivity (Wildman–Crippen MR) is 68.7 cm³/mol. The van der Waals surface area contributed by atoms with Gasteiger partial charge in [-0.15, -0.1) is 0 Å². The second-order valence-electron chi connectivity index (χ2n) is 4.59. The maximum absolute atomic E-state index is 12.4. The van der Waals surface area contributed by atoms with Crippen molar-refractivity contribution in [2.75, 3.05) is 6.54 Å². The molecule has 1 amide bonds. The van der Waals surface area contributed by atoms with Gasteiger partial charge in [-0.05, 0) is 12.8 Å². The van der Waals surface area contributed by atoms with Crippen LogP contribution in [-0.2, 0) is 0 Å². The fraction of sp³-hybridized carbons (Fsp3) is 0.500. The van der Waals surface area contributed by atoms with Crippen LogP contribution < -0.4 is 5.73 Å². The summed E-state index contributed by atoms with van der Waals surface area (Å²) >= 11 is 0. The SMILES string of the molecule is NC(CN(C(=O)c1cncnc1)C1CCCC1)=NO. The number of aromatic nitrogens is 2. The minimum atomic E-state index is -0.181. The molecule has 1 aliphatic rings. The van der Waals surface area contributed by atoms with Crippen LogP contribution in [0, 0.1) is 0 Å². The Kier molecular flexibility index (Phi) is 4.27. The summed E-state index contributed by atoms with van der Waals surface area (Å²) in [5.74, 6) is -0.156. The van der Waals surface area contributed by atoms with Gasteiger partial charge < -0.3 is 15.8 Å². The Morgan fingerprint density at radius 2 is 2.05 bits per heavy atom. The Labute approximate surface area is 111 Å². The standard InChI is InChI=1S/C12H17N5O2/c13-11(16-19)7-17(10-3-1-2-4-10)12(18)9-5-14-8-15-6-9/h5-6,8,10,19H,1-4,7H2,(H2,13,16). The van der Waals surface area contributed by atoms with Gasteiger partial charge >= 0.3 is 0 Å². The highest BCUT2D eigenvalue weighted by atomic mass is 16.4. The second-order valence-corrected chi connectivity index (χ2v) is 4.59. The molecule has 0 aliphatic heterocycles. The summed E-state index contributed by atoms with van der Waals surface area (Å²) in [7, 11) is 0. The van der Waals surface area contributed by atoms with Gasteiger partial charge in [0.25, 0.3) is 5.91 Å². The van der Waals surface area contributed by atoms with Crippen LogP contribution in [0.3, 0.4) is 0 Å². The van der Waals surface area contributed by atoms with E-state index in [2.05, 4.69) is 15.1 Å². The Balaban J connectivity index is 2.19. The summed E-state index contributed by atoms with van der Waals surface area (Å²) in [5.41, 5.74) is 5.95. The Morgan fingerprint density at radius 1 is 1.42 bits per heavy atom. The molecule has 0 aromatic carbocycles. The van der Waals surface area contributed by atoms with Crippen molar-refractivity contribution in [1.29, 1.82) is 0 Å². The van der Waals surface area contributed by atoms with Crippen molar-refractivity contribution < 1.29 is 10.0 Å². The molecule has 1 fully saturated rings. The molecule has 19 heavy (non-hydrogen) atoms. The lowest BCUT2D eigenvalue weighted by Gasteiger charge is -2.28. The number of carbonyl (C=O) groups is 1. The normalized spacial score (nSPS) is 16.5. The van der Waals surface area contributed by atoms with Crippen LogP contribution >= 0.6 is 0 Å². The van der Waals surface area contributed by atoms with Crippen LogP contribution in [-0.4, -0.2) is 44.4 Å². The quantitative estimate of drug-likeness (QED) is 0.358. The van der Waals surface area contributed by atoms with Crippen LogP contribution in [0.25, 0.3) is 0 Å². The number of amidine groups is 1. The topological polar surface area (TPSA) is 105 Å². The summed E-state index contributed by atoms with van der Waals surface area (Å²) in [6, 6.07) is 0.132. The number of oxime groups is 1. The number of carbonyl (C=O) groups excluding carboxylic acids is 1. The van der Waals surface area contributed by atoms with Crippen molar-refractivity contribution in [3.8, 4) is 0 Å². The lowest BCUT2D eigenvalue weighted by atomic mass is 10.1. The van der Waals surface area contributed by atoms with Crippen LogP contribution in [0.15, 0.2) is 23.9 Å². The maximum atomic E-state index is 12.4. The monoisotopic (exact) mass is 263 g/mol. The van der Waals surface area contributed by atoms with Crippen LogP contribution in [0.2, 0.25) is 0 Å². The molecule has 1 saturated carbocycles. The molecule has 1 heterocycles. The molecule has 1 aromatic rings. The van der Waals surface area contributed by atoms with Gasteiger partial charge in [-0.2, -0.15) is 0 Å². The van der Waals surface area contributed by atoms with Crippen molar-refractivity contribution in [3.05, 3.63) is 24.3 Å². The third-order valence-electron chi connectivity index (χ3n) is 3.29. The largest absolute Gasteiger partial charge is 0.409 e. The molecule has 7 heteroatoms. The first kappa shape index (κ1) is 13.3. The highest BCUT2D eigenvalue weighted by Crippen LogP contribution is 2.24. The van der Waals surface area contributed by atoms with E-state index in [0.29, 0.717) is 5.56 Å². The molecule has 0 bridgehead atoms. The number of hydrogen-bond donors (Lipinski definition) is 2. The molecule has 2 rings (SSSR count). The molecule has 1 aromatic heterocycles. The van der Waals surface area contributed by atoms with Crippen molar-refractivity contribution in [2.24, 2.45) is 10.9 Å². The Hall–Kier alpha value is -2.18. The van der Waals surface area contributed by atoms with E-state index in [1.54, 1.807) is 4.90 Å². The Morgan fingerprint density at radius 3 is 2.63 bits per heavy atom. The van der Waals surface area contributed by atoms with E-state index in [4.69, 9.17) is 10.9 Å². The van der Waals surface area contributed by atoms with Gasteiger partial charge in [-0.1, -0.05) is 18.0 Å². The minimum absolute atomic E-state index is 0.0251. The Bertz CT molecular complexity index is 456. The third kappa shape index (κ3) is 3.18. The van der Waals surface area contributed by atoms with Crippen LogP contribution in [0.4, 0.5) is 0 Å². The minimum Gasteiger partial charge on any atom is -0.409 e. The van der Waals surface area contributed by atoms with Crippen LogP contribution in [0.5, 0.6) is 0 Å². The lowest BCUT2D eigenvalue weighted by molar-refractivity contribution is 0.0711. The van der Waals surface area contributed by atoms with Gasteiger partial charge in [0.1, 0.15) is 6.33 Å². The lowest BCUT2D eigenvalue weighted by Crippen LogP contribution is -2.44. The number of hydrogen-bond acceptors (Lipinski definition) is 5. The van der Waals surface area contributed by atoms with Gasteiger partial charge in [0, 0.05) is 18.4 Å². The van der Waals surface area contributed by atoms with Gasteiger partial charge in [-0.3, -0.25) is 4.79 Å². The molecular formula is C12H17N5O2. The summed E-state index contributed by atoms with van der Waals surface area (Å²) in [6.45, 7) is 0.120. The zero-order valence-corrected chi connectivity index (χ0v) is 10.6. The fourth-order valence-corrected chi connectivity index (χ4v) is 2.36. The zero-order chi connectivity index (χ0) is 13.7. The van der Waals surface area contributed by atoms with Gasteiger partial charge in [0.05, 0.1) is 12.1 Å². The average Bonchev–Trinajstić information content (AvgIpc) is 2.98. The van der Waals surface area contributed by atoms with E-state index in [1.807, 2.05) is 0 Å². The summed E-state index contributed by atoms with van der Waals surface area (Å²) in [4.78, 5) is 21.8. The summed E-state index contributed by atoms with van der Waals surface area (Å²) in [5, 5.41) is 11.6. The number of nitrogens with zero attached hydrogens (tertiary/aromatic N) is 4. The zero-order valence-electron chi connectivity index (χ0n) is 10.6. The van der Waals surface area contributed by atoms with Gasteiger partial charge in [0.15, 0.2) is 5.84 Å². The maximum Gasteiger partial charge on any atom is 0.257 e. The summed E-state index contributed by atoms with van der Waals surface area (Å²) < 4.78 is 0. The third-order valence-corrected chi connectivity index (χ3v) is 3.29. The van der Waals surface area contributed by atoms with Crippen molar-refractivity contribution in [3.63, 3.8) is 0 Å². The molecule has 0 radical (unpaired) electrons. The smallest absolute Gasteiger partial charge is 0.257 e. The first-order valence-electron chi connectivity index (χ1n) is 6.24. The van der Waals surface area contributed by atoms with E-state index < -0.39 is 0 Å². The second kappa shape index (κ2) is 6.12. The number of nitrogens with two attached hydrogens (primary N) is 1. The molecule has 7 nitrogen and oxygen atoms in total. The van der Waals surface area contributed by atoms with E-state index in [-0.39, 0.29) is 24.3 Å². The highest BCUT2D eigenvalue weighted by Gasteiger charge is 2.28. The van der Waals surface area contributed by atoms with Gasteiger partial charge in [-0.25, -0.2) is 9.97 Å². The van der Waals surface area contributed by atoms with E-state index in [9.17, 15) is 4.79 Å². The van der Waals surface area contributed by atoms with E-state index in [1.165, 1.54) is 18.7 Å². The van der Waals surface area contributed by atoms with Crippen LogP contribution in [0.1, 0.15) is 36.0 Å². The average molecular weight is 263 g/mol. The fourth-order valence-electron chi connectivity index (χ4n) is 2.36. The molecule has 0 saturated heterocycles. The molecule has 3 N–H and O–H groups in total. The number of amides is 1. The molecule has 0 spiro atoms. The van der Waals surface area contributed by atoms with Crippen molar-refractivity contribution in [1.82, 2.24) is 14.9 Å². The number of rotatable bonds is 4. The predicted octanol–water partition coefficient (Wildman–Crippen LogP) is 0.608. The molecular weight excluding hydrogens is 246 g/mol. The molecule has 102 valence electrons. The molecule has 0 atom stereocenters. The molecule has 1 aliphatic carbocycles. The highest BCUT2D eigenvalue weighted by molar-refractivity contribution is 5.96. The van der Waals surface area contributed by atoms with Crippen molar-refractivity contribution in [2.45, 2.75) is 31.7 Å². The van der Waals surface area contributed by atoms with E-state index in [0.717, 1.165) is 25.7 Å². The van der Waals surface area contributed by atoms with Crippen molar-refractivity contribution >= 4 is 11.7 Å².